The number of hydrogen-bond acceptors (Lipinski definition) is 4. The van der Waals surface area contributed by atoms with Crippen molar-refractivity contribution in [3.05, 3.63) is 24.3 Å². The lowest BCUT2D eigenvalue weighted by atomic mass is 9.67. The van der Waals surface area contributed by atoms with Crippen LogP contribution in [0, 0.1) is 11.8 Å². The van der Waals surface area contributed by atoms with Crippen LogP contribution in [0.3, 0.4) is 0 Å². The number of halogens is 1. The van der Waals surface area contributed by atoms with Crippen LogP contribution in [0.4, 0.5) is 0 Å². The molecule has 0 aliphatic heterocycles. The third-order valence-electron chi connectivity index (χ3n) is 4.91. The fourth-order valence-electron chi connectivity index (χ4n) is 3.94. The molecule has 2 saturated carbocycles. The maximum absolute atomic E-state index is 12.1. The maximum Gasteiger partial charge on any atom is 0.258 e. The first-order chi connectivity index (χ1) is 10.6. The Kier molecular flexibility index (Phi) is 6.13. The molecule has 2 aliphatic rings. The number of phenols is 1. The zero-order valence-corrected chi connectivity index (χ0v) is 13.9. The van der Waals surface area contributed by atoms with Gasteiger partial charge < -0.3 is 20.9 Å². The lowest BCUT2D eigenvalue weighted by molar-refractivity contribution is -0.125. The van der Waals surface area contributed by atoms with Crippen molar-refractivity contribution < 1.29 is 14.6 Å². The number of rotatable bonds is 4. The first-order valence-electron chi connectivity index (χ1n) is 8.08. The Balaban J connectivity index is 0.00000192. The predicted molar refractivity (Wildman–Crippen MR) is 90.8 cm³/mol. The number of fused-ring (bicyclic) bond motifs is 2. The summed E-state index contributed by atoms with van der Waals surface area (Å²) in [5, 5.41) is 12.4. The summed E-state index contributed by atoms with van der Waals surface area (Å²) in [6.07, 6.45) is 5.60. The molecular formula is C17H25ClN2O3. The molecular weight excluding hydrogens is 316 g/mol. The number of carbonyl (C=O) groups is 1. The van der Waals surface area contributed by atoms with Crippen molar-refractivity contribution >= 4 is 18.3 Å². The molecule has 128 valence electrons. The fraction of sp³-hybridized carbons (Fsp3) is 0.588. The van der Waals surface area contributed by atoms with Crippen LogP contribution < -0.4 is 15.8 Å². The Morgan fingerprint density at radius 2 is 1.83 bits per heavy atom. The Morgan fingerprint density at radius 1 is 1.22 bits per heavy atom. The van der Waals surface area contributed by atoms with E-state index in [1.807, 2.05) is 0 Å². The molecule has 1 aromatic rings. The second-order valence-corrected chi connectivity index (χ2v) is 6.56. The quantitative estimate of drug-likeness (QED) is 0.784. The summed E-state index contributed by atoms with van der Waals surface area (Å²) in [6, 6.07) is 6.93. The first-order valence-corrected chi connectivity index (χ1v) is 8.08. The molecule has 0 radical (unpaired) electrons. The molecule has 4 N–H and O–H groups in total. The highest BCUT2D eigenvalue weighted by molar-refractivity contribution is 5.85. The van der Waals surface area contributed by atoms with Gasteiger partial charge in [0.05, 0.1) is 0 Å². The summed E-state index contributed by atoms with van der Waals surface area (Å²) in [6.45, 7) is 0.00672. The van der Waals surface area contributed by atoms with Crippen molar-refractivity contribution in [2.24, 2.45) is 17.6 Å². The predicted octanol–water partition coefficient (Wildman–Crippen LogP) is 2.21. The molecule has 2 unspecified atom stereocenters. The van der Waals surface area contributed by atoms with E-state index in [0.717, 1.165) is 25.7 Å². The van der Waals surface area contributed by atoms with Gasteiger partial charge in [-0.25, -0.2) is 0 Å². The van der Waals surface area contributed by atoms with Crippen LogP contribution in [0.1, 0.15) is 32.1 Å². The second-order valence-electron chi connectivity index (χ2n) is 6.56. The van der Waals surface area contributed by atoms with Crippen molar-refractivity contribution in [2.75, 3.05) is 6.61 Å². The standard InChI is InChI=1S/C17H24N2O3.ClH/c18-13-8-11-2-1-3-12(9-13)17(11)19-16(21)10-22-15-6-4-14(20)5-7-15;/h4-7,11-13,17,20H,1-3,8-10,18H2,(H,19,21);1H. The number of benzene rings is 1. The highest BCUT2D eigenvalue weighted by atomic mass is 35.5. The molecule has 6 heteroatoms. The molecule has 3 rings (SSSR count). The Hall–Kier alpha value is -1.46. The topological polar surface area (TPSA) is 84.6 Å². The second kappa shape index (κ2) is 7.88. The summed E-state index contributed by atoms with van der Waals surface area (Å²) < 4.78 is 5.46. The molecule has 2 aliphatic carbocycles. The summed E-state index contributed by atoms with van der Waals surface area (Å²) in [5.41, 5.74) is 6.11. The molecule has 23 heavy (non-hydrogen) atoms. The zero-order chi connectivity index (χ0) is 15.5. The van der Waals surface area contributed by atoms with E-state index in [0.29, 0.717) is 17.6 Å². The number of hydrogen-bond donors (Lipinski definition) is 3. The smallest absolute Gasteiger partial charge is 0.258 e. The lowest BCUT2D eigenvalue weighted by Gasteiger charge is -2.45. The van der Waals surface area contributed by atoms with Crippen LogP contribution in [-0.2, 0) is 4.79 Å². The zero-order valence-electron chi connectivity index (χ0n) is 13.1. The van der Waals surface area contributed by atoms with Gasteiger partial charge in [-0.05, 0) is 61.8 Å². The van der Waals surface area contributed by atoms with E-state index in [-0.39, 0.29) is 42.8 Å². The van der Waals surface area contributed by atoms with E-state index in [1.165, 1.54) is 6.42 Å². The third-order valence-corrected chi connectivity index (χ3v) is 4.91. The number of nitrogens with one attached hydrogen (secondary N) is 1. The van der Waals surface area contributed by atoms with Gasteiger partial charge in [0.25, 0.3) is 5.91 Å². The lowest BCUT2D eigenvalue weighted by Crippen LogP contribution is -2.54. The van der Waals surface area contributed by atoms with Crippen molar-refractivity contribution in [3.63, 3.8) is 0 Å². The molecule has 5 nitrogen and oxygen atoms in total. The highest BCUT2D eigenvalue weighted by Crippen LogP contribution is 2.39. The van der Waals surface area contributed by atoms with Gasteiger partial charge in [-0.15, -0.1) is 12.4 Å². The van der Waals surface area contributed by atoms with Crippen molar-refractivity contribution in [3.8, 4) is 11.5 Å². The summed E-state index contributed by atoms with van der Waals surface area (Å²) in [4.78, 5) is 12.1. The van der Waals surface area contributed by atoms with Gasteiger partial charge in [0.15, 0.2) is 6.61 Å². The maximum atomic E-state index is 12.1. The Morgan fingerprint density at radius 3 is 2.43 bits per heavy atom. The molecule has 2 bridgehead atoms. The monoisotopic (exact) mass is 340 g/mol. The number of phenolic OH excluding ortho intramolecular Hbond substituents is 1. The summed E-state index contributed by atoms with van der Waals surface area (Å²) in [5.74, 6) is 1.72. The van der Waals surface area contributed by atoms with Crippen LogP contribution in [0.25, 0.3) is 0 Å². The van der Waals surface area contributed by atoms with Crippen LogP contribution in [0.15, 0.2) is 24.3 Å². The molecule has 2 fully saturated rings. The largest absolute Gasteiger partial charge is 0.508 e. The molecule has 0 saturated heterocycles. The highest BCUT2D eigenvalue weighted by Gasteiger charge is 2.39. The van der Waals surface area contributed by atoms with Gasteiger partial charge in [-0.2, -0.15) is 0 Å². The third kappa shape index (κ3) is 4.52. The van der Waals surface area contributed by atoms with Gasteiger partial charge in [0.2, 0.25) is 0 Å². The number of nitrogens with two attached hydrogens (primary N) is 1. The van der Waals surface area contributed by atoms with Crippen molar-refractivity contribution in [1.82, 2.24) is 5.32 Å². The first kappa shape index (κ1) is 17.9. The van der Waals surface area contributed by atoms with E-state index < -0.39 is 0 Å². The molecule has 1 amide bonds. The van der Waals surface area contributed by atoms with E-state index in [2.05, 4.69) is 5.32 Å². The van der Waals surface area contributed by atoms with E-state index in [4.69, 9.17) is 10.5 Å². The number of aromatic hydroxyl groups is 1. The minimum absolute atomic E-state index is 0. The van der Waals surface area contributed by atoms with Crippen LogP contribution >= 0.6 is 12.4 Å². The summed E-state index contributed by atoms with van der Waals surface area (Å²) >= 11 is 0. The molecule has 0 aromatic heterocycles. The average Bonchev–Trinajstić information content (AvgIpc) is 2.48. The van der Waals surface area contributed by atoms with Crippen molar-refractivity contribution in [2.45, 2.75) is 44.2 Å². The van der Waals surface area contributed by atoms with Crippen LogP contribution in [-0.4, -0.2) is 29.7 Å². The Labute approximate surface area is 143 Å². The SMILES string of the molecule is Cl.NC1CC2CCCC(C1)C2NC(=O)COc1ccc(O)cc1. The minimum Gasteiger partial charge on any atom is -0.508 e. The van der Waals surface area contributed by atoms with Gasteiger partial charge >= 0.3 is 0 Å². The van der Waals surface area contributed by atoms with Gasteiger partial charge in [-0.1, -0.05) is 6.42 Å². The molecule has 2 atom stereocenters. The summed E-state index contributed by atoms with van der Waals surface area (Å²) in [7, 11) is 0. The normalized spacial score (nSPS) is 29.3. The molecule has 0 spiro atoms. The van der Waals surface area contributed by atoms with E-state index in [9.17, 15) is 9.90 Å². The van der Waals surface area contributed by atoms with E-state index in [1.54, 1.807) is 24.3 Å². The van der Waals surface area contributed by atoms with Gasteiger partial charge in [0.1, 0.15) is 11.5 Å². The van der Waals surface area contributed by atoms with Gasteiger partial charge in [-0.3, -0.25) is 4.79 Å². The molecule has 1 aromatic carbocycles. The van der Waals surface area contributed by atoms with Crippen LogP contribution in [0.2, 0.25) is 0 Å². The van der Waals surface area contributed by atoms with E-state index >= 15 is 0 Å². The van der Waals surface area contributed by atoms with Crippen LogP contribution in [0.5, 0.6) is 11.5 Å². The minimum atomic E-state index is -0.0783. The van der Waals surface area contributed by atoms with Crippen molar-refractivity contribution in [1.29, 1.82) is 0 Å². The fourth-order valence-corrected chi connectivity index (χ4v) is 3.94. The van der Waals surface area contributed by atoms with Gasteiger partial charge in [0, 0.05) is 12.1 Å². The number of carbonyl (C=O) groups excluding carboxylic acids is 1. The molecule has 0 heterocycles. The number of ether oxygens (including phenoxy) is 1. The average molecular weight is 341 g/mol. The Bertz CT molecular complexity index is 509. The number of amides is 1.